The second kappa shape index (κ2) is 8.56. The highest BCUT2D eigenvalue weighted by Gasteiger charge is 2.46. The van der Waals surface area contributed by atoms with Crippen LogP contribution in [0.4, 0.5) is 0 Å². The Morgan fingerprint density at radius 1 is 1.27 bits per heavy atom. The highest BCUT2D eigenvalue weighted by Crippen LogP contribution is 2.55. The van der Waals surface area contributed by atoms with E-state index in [1.165, 1.54) is 22.8 Å². The fraction of sp³-hybridized carbons (Fsp3) is 0.615. The first-order valence-electron chi connectivity index (χ1n) is 11.4. The Morgan fingerprint density at radius 3 is 2.63 bits per heavy atom. The maximum atomic E-state index is 12.8. The molecular formula is C26H37NO3. The topological polar surface area (TPSA) is 66.4 Å². The van der Waals surface area contributed by atoms with E-state index in [-0.39, 0.29) is 16.7 Å². The normalized spacial score (nSPS) is 30.1. The molecule has 0 aromatic carbocycles. The van der Waals surface area contributed by atoms with Gasteiger partial charge in [0.05, 0.1) is 5.70 Å². The summed E-state index contributed by atoms with van der Waals surface area (Å²) < 4.78 is 0. The van der Waals surface area contributed by atoms with Gasteiger partial charge in [0, 0.05) is 18.2 Å². The molecule has 0 saturated carbocycles. The van der Waals surface area contributed by atoms with Crippen LogP contribution in [0.15, 0.2) is 46.4 Å². The number of allylic oxidation sites excluding steroid dienone is 5. The van der Waals surface area contributed by atoms with Crippen molar-refractivity contribution in [2.75, 3.05) is 6.54 Å². The first-order valence-corrected chi connectivity index (χ1v) is 11.4. The van der Waals surface area contributed by atoms with E-state index in [1.807, 2.05) is 0 Å². The molecule has 0 heterocycles. The zero-order valence-electron chi connectivity index (χ0n) is 19.2. The molecular weight excluding hydrogens is 374 g/mol. The summed E-state index contributed by atoms with van der Waals surface area (Å²) in [6.07, 6.45) is 6.71. The van der Waals surface area contributed by atoms with Crippen molar-refractivity contribution in [3.63, 3.8) is 0 Å². The molecule has 4 heteroatoms. The van der Waals surface area contributed by atoms with Crippen molar-refractivity contribution >= 4 is 11.6 Å². The average molecular weight is 412 g/mol. The van der Waals surface area contributed by atoms with Crippen LogP contribution in [0, 0.1) is 23.2 Å². The number of ketones is 2. The monoisotopic (exact) mass is 411 g/mol. The van der Waals surface area contributed by atoms with Gasteiger partial charge in [0.1, 0.15) is 5.76 Å². The zero-order chi connectivity index (χ0) is 22.2. The summed E-state index contributed by atoms with van der Waals surface area (Å²) in [5, 5.41) is 14.1. The molecule has 0 aromatic rings. The van der Waals surface area contributed by atoms with Gasteiger partial charge in [-0.05, 0) is 67.3 Å². The summed E-state index contributed by atoms with van der Waals surface area (Å²) in [6.45, 7) is 16.0. The van der Waals surface area contributed by atoms with Crippen LogP contribution >= 0.6 is 0 Å². The second-order valence-electron chi connectivity index (χ2n) is 10.2. The van der Waals surface area contributed by atoms with E-state index in [9.17, 15) is 14.7 Å². The maximum absolute atomic E-state index is 12.8. The fourth-order valence-electron chi connectivity index (χ4n) is 5.53. The lowest BCUT2D eigenvalue weighted by atomic mass is 9.56. The molecule has 164 valence electrons. The molecule has 3 rings (SSSR count). The van der Waals surface area contributed by atoms with Crippen LogP contribution < -0.4 is 5.32 Å². The minimum Gasteiger partial charge on any atom is -0.505 e. The number of aliphatic hydroxyl groups excluding tert-OH is 1. The van der Waals surface area contributed by atoms with E-state index >= 15 is 0 Å². The number of aliphatic hydroxyl groups is 1. The Labute approximate surface area is 181 Å². The van der Waals surface area contributed by atoms with Gasteiger partial charge in [0.25, 0.3) is 0 Å². The Morgan fingerprint density at radius 2 is 1.97 bits per heavy atom. The minimum absolute atomic E-state index is 0.0489. The van der Waals surface area contributed by atoms with Crippen LogP contribution in [0.3, 0.4) is 0 Å². The van der Waals surface area contributed by atoms with E-state index in [4.69, 9.17) is 0 Å². The molecule has 30 heavy (non-hydrogen) atoms. The Kier molecular flexibility index (Phi) is 6.45. The molecule has 3 aliphatic rings. The lowest BCUT2D eigenvalue weighted by Gasteiger charge is -2.48. The van der Waals surface area contributed by atoms with E-state index in [0.717, 1.165) is 32.1 Å². The van der Waals surface area contributed by atoms with Gasteiger partial charge in [-0.25, -0.2) is 0 Å². The molecule has 0 aromatic heterocycles. The second-order valence-corrected chi connectivity index (χ2v) is 10.2. The van der Waals surface area contributed by atoms with Crippen molar-refractivity contribution in [1.82, 2.24) is 5.32 Å². The molecule has 2 N–H and O–H groups in total. The fourth-order valence-corrected chi connectivity index (χ4v) is 5.53. The van der Waals surface area contributed by atoms with Crippen molar-refractivity contribution in [2.45, 2.75) is 73.1 Å². The van der Waals surface area contributed by atoms with Crippen LogP contribution in [0.2, 0.25) is 0 Å². The number of carbonyl (C=O) groups is 2. The number of rotatable bonds is 6. The lowest BCUT2D eigenvalue weighted by molar-refractivity contribution is -0.132. The Bertz CT molecular complexity index is 858. The molecule has 0 amide bonds. The lowest BCUT2D eigenvalue weighted by Crippen LogP contribution is -2.39. The number of nitrogens with one attached hydrogen (secondary N) is 1. The van der Waals surface area contributed by atoms with E-state index in [1.54, 1.807) is 0 Å². The highest BCUT2D eigenvalue weighted by atomic mass is 16.3. The molecule has 0 aliphatic heterocycles. The highest BCUT2D eigenvalue weighted by molar-refractivity contribution is 6.48. The summed E-state index contributed by atoms with van der Waals surface area (Å²) in [7, 11) is 0. The third kappa shape index (κ3) is 4.06. The largest absolute Gasteiger partial charge is 0.505 e. The number of hydrogen-bond donors (Lipinski definition) is 2. The first-order chi connectivity index (χ1) is 14.1. The van der Waals surface area contributed by atoms with Crippen LogP contribution in [0.5, 0.6) is 0 Å². The van der Waals surface area contributed by atoms with Gasteiger partial charge in [0.2, 0.25) is 11.6 Å². The summed E-state index contributed by atoms with van der Waals surface area (Å²) in [5.41, 5.74) is 4.38. The quantitative estimate of drug-likeness (QED) is 0.442. The molecule has 3 aliphatic carbocycles. The van der Waals surface area contributed by atoms with Crippen LogP contribution in [0.25, 0.3) is 0 Å². The number of carbonyl (C=O) groups excluding carboxylic acids is 2. The maximum Gasteiger partial charge on any atom is 0.232 e. The van der Waals surface area contributed by atoms with Crippen molar-refractivity contribution < 1.29 is 14.7 Å². The minimum atomic E-state index is -0.564. The third-order valence-electron chi connectivity index (χ3n) is 7.48. The van der Waals surface area contributed by atoms with Crippen molar-refractivity contribution in [2.24, 2.45) is 23.2 Å². The van der Waals surface area contributed by atoms with E-state index in [0.29, 0.717) is 36.4 Å². The van der Waals surface area contributed by atoms with Crippen LogP contribution in [0.1, 0.15) is 73.1 Å². The molecule has 3 atom stereocenters. The smallest absolute Gasteiger partial charge is 0.232 e. The van der Waals surface area contributed by atoms with E-state index < -0.39 is 11.6 Å². The molecule has 4 nitrogen and oxygen atoms in total. The van der Waals surface area contributed by atoms with E-state index in [2.05, 4.69) is 46.5 Å². The van der Waals surface area contributed by atoms with Gasteiger partial charge in [-0.3, -0.25) is 9.59 Å². The number of hydrogen-bond acceptors (Lipinski definition) is 4. The zero-order valence-corrected chi connectivity index (χ0v) is 19.2. The average Bonchev–Trinajstić information content (AvgIpc) is 2.67. The van der Waals surface area contributed by atoms with Crippen molar-refractivity contribution in [3.05, 3.63) is 46.4 Å². The Balaban J connectivity index is 1.97. The molecule has 0 saturated heterocycles. The van der Waals surface area contributed by atoms with Gasteiger partial charge >= 0.3 is 0 Å². The van der Waals surface area contributed by atoms with Crippen molar-refractivity contribution in [1.29, 1.82) is 0 Å². The van der Waals surface area contributed by atoms with Gasteiger partial charge < -0.3 is 10.4 Å². The summed E-state index contributed by atoms with van der Waals surface area (Å²) in [6, 6.07) is 0. The standard InChI is InChI=1S/C26H37NO3/c1-15(2)10-11-27-21-13-22(28)25(30)19(24(21)29)14-26(6)18(5)12-17(4)23-16(3)8-7-9-20(23)26/h13,15,17-18,27,29H,3,7-12,14H2,1-2,4-6H3/t17-,18+,26-/m1/s1. The first kappa shape index (κ1) is 22.6. The summed E-state index contributed by atoms with van der Waals surface area (Å²) in [5.74, 6) is 0.174. The molecule has 0 bridgehead atoms. The van der Waals surface area contributed by atoms with Crippen LogP contribution in [-0.2, 0) is 9.59 Å². The van der Waals surface area contributed by atoms with Gasteiger partial charge in [-0.2, -0.15) is 0 Å². The Hall–Kier alpha value is -2.10. The molecule has 0 spiro atoms. The predicted molar refractivity (Wildman–Crippen MR) is 121 cm³/mol. The van der Waals surface area contributed by atoms with Gasteiger partial charge in [0.15, 0.2) is 0 Å². The molecule has 0 unspecified atom stereocenters. The SMILES string of the molecule is C=C1CCCC2=C1[C@H](C)C[C@H](C)[C@@]2(C)CC1=C(O)C(NCCC(C)C)=CC(=O)C1=O. The molecule has 0 radical (unpaired) electrons. The predicted octanol–water partition coefficient (Wildman–Crippen LogP) is 5.58. The summed E-state index contributed by atoms with van der Waals surface area (Å²) >= 11 is 0. The van der Waals surface area contributed by atoms with Crippen LogP contribution in [-0.4, -0.2) is 23.2 Å². The number of Topliss-reactive ketones (excluding diaryl/α,β-unsaturated/α-hetero) is 1. The van der Waals surface area contributed by atoms with Gasteiger partial charge in [-0.1, -0.05) is 52.3 Å². The van der Waals surface area contributed by atoms with Gasteiger partial charge in [-0.15, -0.1) is 0 Å². The van der Waals surface area contributed by atoms with Crippen molar-refractivity contribution in [3.8, 4) is 0 Å². The third-order valence-corrected chi connectivity index (χ3v) is 7.48. The molecule has 0 fully saturated rings. The summed E-state index contributed by atoms with van der Waals surface area (Å²) in [4.78, 5) is 25.2.